The molecular formula is C30H41N3O7. The molecule has 0 aromatic heterocycles. The molecular weight excluding hydrogens is 514 g/mol. The number of rotatable bonds is 7. The molecule has 1 aromatic carbocycles. The van der Waals surface area contributed by atoms with Crippen LogP contribution in [0, 0.1) is 22.7 Å². The van der Waals surface area contributed by atoms with Crippen LogP contribution in [0.15, 0.2) is 6.07 Å². The number of phenolic OH excluding ortho intramolecular Hbond substituents is 1. The number of benzene rings is 1. The Labute approximate surface area is 234 Å². The van der Waals surface area contributed by atoms with Gasteiger partial charge in [-0.05, 0) is 62.4 Å². The van der Waals surface area contributed by atoms with Gasteiger partial charge in [0.05, 0.1) is 17.5 Å². The van der Waals surface area contributed by atoms with E-state index in [4.69, 9.17) is 5.73 Å². The fourth-order valence-electron chi connectivity index (χ4n) is 7.98. The van der Waals surface area contributed by atoms with Gasteiger partial charge in [0, 0.05) is 25.2 Å². The Morgan fingerprint density at radius 2 is 1.70 bits per heavy atom. The van der Waals surface area contributed by atoms with Gasteiger partial charge in [-0.2, -0.15) is 0 Å². The molecule has 3 aliphatic rings. The van der Waals surface area contributed by atoms with Crippen molar-refractivity contribution in [2.24, 2.45) is 28.4 Å². The van der Waals surface area contributed by atoms with Gasteiger partial charge in [0.1, 0.15) is 5.75 Å². The number of fused-ring (bicyclic) bond motifs is 3. The van der Waals surface area contributed by atoms with Crippen LogP contribution in [0.2, 0.25) is 0 Å². The second-order valence-electron chi connectivity index (χ2n) is 12.9. The quantitative estimate of drug-likeness (QED) is 0.334. The number of aryl methyl sites for hydroxylation is 1. The van der Waals surface area contributed by atoms with E-state index in [-0.39, 0.29) is 24.2 Å². The number of aliphatic hydroxyl groups is 1. The number of amides is 1. The average molecular weight is 556 g/mol. The smallest absolute Gasteiger partial charge is 0.235 e. The number of nitrogens with two attached hydrogens (primary N) is 1. The predicted molar refractivity (Wildman–Crippen MR) is 148 cm³/mol. The number of hydrogen-bond donors (Lipinski definition) is 3. The van der Waals surface area contributed by atoms with Crippen molar-refractivity contribution in [1.29, 1.82) is 0 Å². The third-order valence-electron chi connectivity index (χ3n) is 9.57. The van der Waals surface area contributed by atoms with Crippen LogP contribution in [0.25, 0.3) is 0 Å². The number of hydrogen-bond acceptors (Lipinski definition) is 9. The monoisotopic (exact) mass is 555 g/mol. The molecule has 4 N–H and O–H groups in total. The van der Waals surface area contributed by atoms with Crippen molar-refractivity contribution in [3.05, 3.63) is 22.8 Å². The third kappa shape index (κ3) is 3.86. The lowest BCUT2D eigenvalue weighted by atomic mass is 9.42. The van der Waals surface area contributed by atoms with Crippen molar-refractivity contribution in [1.82, 2.24) is 4.90 Å². The number of ketones is 4. The van der Waals surface area contributed by atoms with Crippen LogP contribution in [0.5, 0.6) is 5.75 Å². The van der Waals surface area contributed by atoms with E-state index in [1.165, 1.54) is 11.8 Å². The second-order valence-corrected chi connectivity index (χ2v) is 12.9. The normalized spacial score (nSPS) is 33.5. The second kappa shape index (κ2) is 9.76. The van der Waals surface area contributed by atoms with Gasteiger partial charge in [-0.25, -0.2) is 0 Å². The Kier molecular flexibility index (Phi) is 7.29. The van der Waals surface area contributed by atoms with E-state index < -0.39 is 63.3 Å². The summed E-state index contributed by atoms with van der Waals surface area (Å²) in [7, 11) is 6.84. The minimum Gasteiger partial charge on any atom is -0.507 e. The highest BCUT2D eigenvalue weighted by Gasteiger charge is 2.76. The Hall–Kier alpha value is -3.11. The van der Waals surface area contributed by atoms with E-state index in [0.29, 0.717) is 17.5 Å². The van der Waals surface area contributed by atoms with Crippen molar-refractivity contribution in [3.63, 3.8) is 0 Å². The van der Waals surface area contributed by atoms with Crippen LogP contribution >= 0.6 is 0 Å². The van der Waals surface area contributed by atoms with Crippen LogP contribution in [0.4, 0.5) is 5.69 Å². The van der Waals surface area contributed by atoms with Gasteiger partial charge in [-0.15, -0.1) is 0 Å². The van der Waals surface area contributed by atoms with Crippen LogP contribution in [-0.4, -0.2) is 84.0 Å². The van der Waals surface area contributed by atoms with Crippen molar-refractivity contribution in [2.45, 2.75) is 70.9 Å². The molecule has 40 heavy (non-hydrogen) atoms. The van der Waals surface area contributed by atoms with Crippen molar-refractivity contribution >= 4 is 34.7 Å². The SMILES string of the molecule is CCCCCc1cc(N(C)C)c2c(c1O)C(=O)C1C(=O)[C@]3(O)C(=O)C(C(N)=O)C(=O)[C@@H](N(C)C)[C@]3(C)C[C@]1(C)C2. The number of aromatic hydroxyl groups is 1. The molecule has 0 spiro atoms. The van der Waals surface area contributed by atoms with Crippen molar-refractivity contribution in [2.75, 3.05) is 33.1 Å². The van der Waals surface area contributed by atoms with E-state index >= 15 is 0 Å². The summed E-state index contributed by atoms with van der Waals surface area (Å²) in [5.41, 5.74) is 1.89. The van der Waals surface area contributed by atoms with Gasteiger partial charge < -0.3 is 20.8 Å². The van der Waals surface area contributed by atoms with E-state index in [9.17, 15) is 34.2 Å². The molecule has 0 aliphatic heterocycles. The topological polar surface area (TPSA) is 158 Å². The highest BCUT2D eigenvalue weighted by atomic mass is 16.3. The number of carbonyl (C=O) groups is 5. The number of primary amides is 1. The van der Waals surface area contributed by atoms with Crippen LogP contribution in [0.3, 0.4) is 0 Å². The molecule has 218 valence electrons. The van der Waals surface area contributed by atoms with Gasteiger partial charge in [0.2, 0.25) is 5.91 Å². The number of phenols is 1. The number of nitrogens with zero attached hydrogens (tertiary/aromatic N) is 2. The Balaban J connectivity index is 1.96. The molecule has 2 fully saturated rings. The molecule has 2 unspecified atom stereocenters. The number of unbranched alkanes of at least 4 members (excludes halogenated alkanes) is 2. The molecule has 1 aromatic rings. The molecule has 2 saturated carbocycles. The minimum atomic E-state index is -2.80. The highest BCUT2D eigenvalue weighted by molar-refractivity contribution is 6.33. The predicted octanol–water partition coefficient (Wildman–Crippen LogP) is 1.45. The first-order chi connectivity index (χ1) is 18.5. The maximum atomic E-state index is 14.4. The first kappa shape index (κ1) is 29.9. The van der Waals surface area contributed by atoms with Gasteiger partial charge in [0.25, 0.3) is 0 Å². The zero-order valence-electron chi connectivity index (χ0n) is 24.5. The van der Waals surface area contributed by atoms with E-state index in [1.54, 1.807) is 21.0 Å². The summed E-state index contributed by atoms with van der Waals surface area (Å²) in [6.07, 6.45) is 3.45. The van der Waals surface area contributed by atoms with E-state index in [1.807, 2.05) is 25.1 Å². The summed E-state index contributed by atoms with van der Waals surface area (Å²) in [5, 5.41) is 23.4. The van der Waals surface area contributed by atoms with Gasteiger partial charge in [-0.1, -0.05) is 33.6 Å². The molecule has 0 saturated heterocycles. The molecule has 0 bridgehead atoms. The highest BCUT2D eigenvalue weighted by Crippen LogP contribution is 2.62. The third-order valence-corrected chi connectivity index (χ3v) is 9.57. The zero-order chi connectivity index (χ0) is 30.1. The Morgan fingerprint density at radius 3 is 2.23 bits per heavy atom. The molecule has 10 nitrogen and oxygen atoms in total. The molecule has 0 heterocycles. The standard InChI is InChI=1S/C30H41N3O7/c1-8-9-10-11-15-12-17(32(4)5)16-13-28(2)14-29(3)24(33(6)7)23(36)19(27(31)39)25(37)30(29,40)26(38)20(28)22(35)18(16)21(15)34/h12,19-20,24,34,40H,8-11,13-14H2,1-7H3,(H2,31,39)/t19?,20?,24-,28+,29+,30-/m1/s1. The van der Waals surface area contributed by atoms with Gasteiger partial charge in [-0.3, -0.25) is 28.9 Å². The molecule has 6 atom stereocenters. The molecule has 0 radical (unpaired) electrons. The number of Topliss-reactive ketones (excluding diaryl/α,β-unsaturated/α-hetero) is 4. The number of anilines is 1. The lowest BCUT2D eigenvalue weighted by molar-refractivity contribution is -0.203. The summed E-state index contributed by atoms with van der Waals surface area (Å²) in [5.74, 6) is -8.65. The fourth-order valence-corrected chi connectivity index (χ4v) is 7.98. The summed E-state index contributed by atoms with van der Waals surface area (Å²) in [6, 6.07) is 0.700. The summed E-state index contributed by atoms with van der Waals surface area (Å²) in [6.45, 7) is 5.33. The van der Waals surface area contributed by atoms with Crippen LogP contribution in [-0.2, 0) is 32.0 Å². The largest absolute Gasteiger partial charge is 0.507 e. The molecule has 10 heteroatoms. The lowest BCUT2D eigenvalue weighted by Crippen LogP contribution is -2.79. The van der Waals surface area contributed by atoms with Crippen LogP contribution in [0.1, 0.15) is 67.9 Å². The minimum absolute atomic E-state index is 0.0320. The first-order valence-corrected chi connectivity index (χ1v) is 13.9. The fraction of sp³-hybridized carbons (Fsp3) is 0.633. The zero-order valence-corrected chi connectivity index (χ0v) is 24.5. The first-order valence-electron chi connectivity index (χ1n) is 13.9. The van der Waals surface area contributed by atoms with Gasteiger partial charge >= 0.3 is 0 Å². The maximum absolute atomic E-state index is 14.4. The molecule has 3 aliphatic carbocycles. The van der Waals surface area contributed by atoms with Crippen molar-refractivity contribution in [3.8, 4) is 5.75 Å². The molecule has 1 amide bonds. The number of likely N-dealkylation sites (N-methyl/N-ethyl adjacent to an activating group) is 1. The van der Waals surface area contributed by atoms with E-state index in [0.717, 1.165) is 24.9 Å². The average Bonchev–Trinajstić information content (AvgIpc) is 2.82. The Bertz CT molecular complexity index is 1320. The number of carbonyl (C=O) groups excluding carboxylic acids is 5. The van der Waals surface area contributed by atoms with Gasteiger partial charge in [0.15, 0.2) is 34.7 Å². The summed E-state index contributed by atoms with van der Waals surface area (Å²) >= 11 is 0. The molecule has 4 rings (SSSR count). The van der Waals surface area contributed by atoms with E-state index in [2.05, 4.69) is 6.92 Å². The lowest BCUT2D eigenvalue weighted by Gasteiger charge is -2.61. The summed E-state index contributed by atoms with van der Waals surface area (Å²) < 4.78 is 0. The van der Waals surface area contributed by atoms with Crippen LogP contribution < -0.4 is 10.6 Å². The Morgan fingerprint density at radius 1 is 1.07 bits per heavy atom. The summed E-state index contributed by atoms with van der Waals surface area (Å²) in [4.78, 5) is 71.4. The maximum Gasteiger partial charge on any atom is 0.235 e. The van der Waals surface area contributed by atoms with Crippen molar-refractivity contribution < 1.29 is 34.2 Å².